The summed E-state index contributed by atoms with van der Waals surface area (Å²) in [4.78, 5) is 11.6. The summed E-state index contributed by atoms with van der Waals surface area (Å²) in [6, 6.07) is 0.227. The van der Waals surface area contributed by atoms with Crippen LogP contribution in [0.5, 0.6) is 0 Å². The van der Waals surface area contributed by atoms with Crippen molar-refractivity contribution in [2.45, 2.75) is 70.6 Å². The Morgan fingerprint density at radius 2 is 1.88 bits per heavy atom. The number of methoxy groups -OCH3 is 1. The second-order valence-corrected chi connectivity index (χ2v) is 5.71. The van der Waals surface area contributed by atoms with Crippen LogP contribution in [0.2, 0.25) is 0 Å². The molecular weight excluding hydrogens is 218 g/mol. The minimum absolute atomic E-state index is 0.227. The maximum Gasteiger partial charge on any atom is 0.407 e. The van der Waals surface area contributed by atoms with Crippen LogP contribution < -0.4 is 5.32 Å². The number of carbonyl (C=O) groups is 1. The molecule has 0 aromatic rings. The lowest BCUT2D eigenvalue weighted by molar-refractivity contribution is 0.0495. The Labute approximate surface area is 104 Å². The lowest BCUT2D eigenvalue weighted by Gasteiger charge is -2.23. The van der Waals surface area contributed by atoms with E-state index >= 15 is 0 Å². The smallest absolute Gasteiger partial charge is 0.407 e. The second-order valence-electron chi connectivity index (χ2n) is 5.71. The zero-order valence-electron chi connectivity index (χ0n) is 11.4. The fourth-order valence-corrected chi connectivity index (χ4v) is 2.12. The van der Waals surface area contributed by atoms with E-state index in [1.54, 1.807) is 7.11 Å². The molecule has 1 fully saturated rings. The van der Waals surface area contributed by atoms with E-state index < -0.39 is 5.60 Å². The first-order valence-corrected chi connectivity index (χ1v) is 6.43. The SMILES string of the molecule is COC1CCCC(NC(=O)OC(C)(C)C)CC1. The van der Waals surface area contributed by atoms with Gasteiger partial charge in [0.1, 0.15) is 5.60 Å². The fourth-order valence-electron chi connectivity index (χ4n) is 2.12. The molecule has 0 spiro atoms. The molecule has 4 nitrogen and oxygen atoms in total. The summed E-state index contributed by atoms with van der Waals surface area (Å²) >= 11 is 0. The third kappa shape index (κ3) is 5.91. The van der Waals surface area contributed by atoms with Gasteiger partial charge in [-0.3, -0.25) is 0 Å². The molecule has 4 heteroatoms. The molecule has 1 rings (SSSR count). The quantitative estimate of drug-likeness (QED) is 0.759. The van der Waals surface area contributed by atoms with Crippen LogP contribution in [0.3, 0.4) is 0 Å². The number of alkyl carbamates (subject to hydrolysis) is 1. The number of hydrogen-bond acceptors (Lipinski definition) is 3. The largest absolute Gasteiger partial charge is 0.444 e. The van der Waals surface area contributed by atoms with E-state index in [0.717, 1.165) is 32.1 Å². The van der Waals surface area contributed by atoms with Crippen molar-refractivity contribution in [3.63, 3.8) is 0 Å². The molecule has 1 aliphatic carbocycles. The summed E-state index contributed by atoms with van der Waals surface area (Å²) in [7, 11) is 1.76. The number of hydrogen-bond donors (Lipinski definition) is 1. The molecule has 1 N–H and O–H groups in total. The molecule has 0 radical (unpaired) electrons. The molecule has 2 atom stereocenters. The number of amides is 1. The van der Waals surface area contributed by atoms with E-state index in [9.17, 15) is 4.79 Å². The first kappa shape index (κ1) is 14.3. The van der Waals surface area contributed by atoms with Gasteiger partial charge in [-0.05, 0) is 52.9 Å². The van der Waals surface area contributed by atoms with Crippen molar-refractivity contribution in [3.05, 3.63) is 0 Å². The number of nitrogens with one attached hydrogen (secondary N) is 1. The van der Waals surface area contributed by atoms with Gasteiger partial charge in [0.25, 0.3) is 0 Å². The van der Waals surface area contributed by atoms with Gasteiger partial charge in [0.15, 0.2) is 0 Å². The van der Waals surface area contributed by atoms with Crippen LogP contribution in [0.25, 0.3) is 0 Å². The van der Waals surface area contributed by atoms with Crippen molar-refractivity contribution >= 4 is 6.09 Å². The van der Waals surface area contributed by atoms with Gasteiger partial charge in [0.2, 0.25) is 0 Å². The van der Waals surface area contributed by atoms with Gasteiger partial charge < -0.3 is 14.8 Å². The van der Waals surface area contributed by atoms with Crippen LogP contribution in [-0.2, 0) is 9.47 Å². The Hall–Kier alpha value is -0.770. The molecule has 0 bridgehead atoms. The minimum atomic E-state index is -0.427. The Balaban J connectivity index is 2.34. The van der Waals surface area contributed by atoms with Crippen LogP contribution in [0.1, 0.15) is 52.9 Å². The summed E-state index contributed by atoms with van der Waals surface area (Å²) in [5.41, 5.74) is -0.427. The Kier molecular flexibility index (Phi) is 5.25. The molecule has 0 aromatic heterocycles. The van der Waals surface area contributed by atoms with E-state index in [-0.39, 0.29) is 12.1 Å². The van der Waals surface area contributed by atoms with Gasteiger partial charge in [-0.1, -0.05) is 0 Å². The van der Waals surface area contributed by atoms with Crippen molar-refractivity contribution in [1.29, 1.82) is 0 Å². The average Bonchev–Trinajstić information content (AvgIpc) is 2.40. The molecular formula is C13H25NO3. The fraction of sp³-hybridized carbons (Fsp3) is 0.923. The van der Waals surface area contributed by atoms with Crippen molar-refractivity contribution in [1.82, 2.24) is 5.32 Å². The summed E-state index contributed by atoms with van der Waals surface area (Å²) in [5, 5.41) is 2.94. The van der Waals surface area contributed by atoms with Crippen LogP contribution in [0.15, 0.2) is 0 Å². The average molecular weight is 243 g/mol. The Bertz CT molecular complexity index is 248. The van der Waals surface area contributed by atoms with Gasteiger partial charge in [-0.2, -0.15) is 0 Å². The zero-order chi connectivity index (χ0) is 12.9. The molecule has 0 heterocycles. The Morgan fingerprint density at radius 3 is 2.47 bits per heavy atom. The minimum Gasteiger partial charge on any atom is -0.444 e. The molecule has 0 aliphatic heterocycles. The van der Waals surface area contributed by atoms with Crippen LogP contribution in [0.4, 0.5) is 4.79 Å². The molecule has 0 saturated heterocycles. The Morgan fingerprint density at radius 1 is 1.18 bits per heavy atom. The molecule has 1 saturated carbocycles. The van der Waals surface area contributed by atoms with E-state index in [1.807, 2.05) is 20.8 Å². The van der Waals surface area contributed by atoms with Crippen molar-refractivity contribution < 1.29 is 14.3 Å². The first-order chi connectivity index (χ1) is 7.90. The van der Waals surface area contributed by atoms with E-state index in [2.05, 4.69) is 5.32 Å². The highest BCUT2D eigenvalue weighted by atomic mass is 16.6. The molecule has 2 unspecified atom stereocenters. The lowest BCUT2D eigenvalue weighted by atomic mass is 10.1. The monoisotopic (exact) mass is 243 g/mol. The van der Waals surface area contributed by atoms with Crippen molar-refractivity contribution in [3.8, 4) is 0 Å². The van der Waals surface area contributed by atoms with Crippen LogP contribution in [0, 0.1) is 0 Å². The molecule has 1 aliphatic rings. The van der Waals surface area contributed by atoms with Crippen molar-refractivity contribution in [2.24, 2.45) is 0 Å². The van der Waals surface area contributed by atoms with E-state index in [0.29, 0.717) is 6.10 Å². The van der Waals surface area contributed by atoms with Crippen molar-refractivity contribution in [2.75, 3.05) is 7.11 Å². The summed E-state index contributed by atoms with van der Waals surface area (Å²) in [5.74, 6) is 0. The zero-order valence-corrected chi connectivity index (χ0v) is 11.4. The number of ether oxygens (including phenoxy) is 2. The predicted octanol–water partition coefficient (Wildman–Crippen LogP) is 2.86. The highest BCUT2D eigenvalue weighted by molar-refractivity contribution is 5.68. The van der Waals surface area contributed by atoms with E-state index in [4.69, 9.17) is 9.47 Å². The highest BCUT2D eigenvalue weighted by Crippen LogP contribution is 2.20. The van der Waals surface area contributed by atoms with Gasteiger partial charge in [-0.15, -0.1) is 0 Å². The highest BCUT2D eigenvalue weighted by Gasteiger charge is 2.22. The topological polar surface area (TPSA) is 47.6 Å². The lowest BCUT2D eigenvalue weighted by Crippen LogP contribution is -2.38. The predicted molar refractivity (Wildman–Crippen MR) is 67.0 cm³/mol. The molecule has 100 valence electrons. The normalized spacial score (nSPS) is 26.1. The summed E-state index contributed by atoms with van der Waals surface area (Å²) in [6.07, 6.45) is 5.22. The van der Waals surface area contributed by atoms with Gasteiger partial charge >= 0.3 is 6.09 Å². The summed E-state index contributed by atoms with van der Waals surface area (Å²) in [6.45, 7) is 5.63. The van der Waals surface area contributed by atoms with Crippen LogP contribution >= 0.6 is 0 Å². The number of rotatable bonds is 2. The summed E-state index contributed by atoms with van der Waals surface area (Å²) < 4.78 is 10.6. The second kappa shape index (κ2) is 6.24. The molecule has 1 amide bonds. The van der Waals surface area contributed by atoms with E-state index in [1.165, 1.54) is 0 Å². The van der Waals surface area contributed by atoms with Gasteiger partial charge in [-0.25, -0.2) is 4.79 Å². The van der Waals surface area contributed by atoms with Gasteiger partial charge in [0.05, 0.1) is 6.10 Å². The van der Waals surface area contributed by atoms with Crippen LogP contribution in [-0.4, -0.2) is 30.9 Å². The molecule has 17 heavy (non-hydrogen) atoms. The first-order valence-electron chi connectivity index (χ1n) is 6.43. The van der Waals surface area contributed by atoms with Gasteiger partial charge in [0, 0.05) is 13.2 Å². The maximum atomic E-state index is 11.6. The third-order valence-electron chi connectivity index (χ3n) is 2.97. The number of carbonyl (C=O) groups excluding carboxylic acids is 1. The third-order valence-corrected chi connectivity index (χ3v) is 2.97. The maximum absolute atomic E-state index is 11.6. The molecule has 0 aromatic carbocycles. The standard InChI is InChI=1S/C13H25NO3/c1-13(2,3)17-12(15)14-10-6-5-7-11(16-4)9-8-10/h10-11H,5-9H2,1-4H3,(H,14,15).